The summed E-state index contributed by atoms with van der Waals surface area (Å²) in [5, 5.41) is 8.06. The summed E-state index contributed by atoms with van der Waals surface area (Å²) in [7, 11) is 0. The van der Waals surface area contributed by atoms with Crippen LogP contribution in [0.2, 0.25) is 0 Å². The van der Waals surface area contributed by atoms with E-state index in [0.29, 0.717) is 0 Å². The van der Waals surface area contributed by atoms with Gasteiger partial charge in [0.2, 0.25) is 0 Å². The van der Waals surface area contributed by atoms with Gasteiger partial charge in [0.25, 0.3) is 11.1 Å². The summed E-state index contributed by atoms with van der Waals surface area (Å²) in [6.45, 7) is -0.601. The van der Waals surface area contributed by atoms with Crippen LogP contribution < -0.4 is 0 Å². The molecule has 18 heavy (non-hydrogen) atoms. The zero-order valence-corrected chi connectivity index (χ0v) is 12.0. The Morgan fingerprint density at radius 3 is 2.72 bits per heavy atom. The van der Waals surface area contributed by atoms with Crippen molar-refractivity contribution in [3.63, 3.8) is 0 Å². The lowest BCUT2D eigenvalue weighted by molar-refractivity contribution is -0.140. The van der Waals surface area contributed by atoms with Crippen molar-refractivity contribution < 1.29 is 19.5 Å². The molecule has 2 rings (SSSR count). The number of carboxylic acid groups (broad SMARTS) is 1. The molecule has 0 aliphatic carbocycles. The maximum atomic E-state index is 11.8. The number of halogens is 1. The van der Waals surface area contributed by atoms with Gasteiger partial charge in [-0.25, -0.2) is 0 Å². The lowest BCUT2D eigenvalue weighted by atomic mass is 10.3. The quantitative estimate of drug-likeness (QED) is 0.850. The van der Waals surface area contributed by atoms with Crippen molar-refractivity contribution in [3.05, 3.63) is 25.7 Å². The summed E-state index contributed by atoms with van der Waals surface area (Å²) in [5.74, 6) is -1.77. The summed E-state index contributed by atoms with van der Waals surface area (Å²) in [5.41, 5.74) is 0. The molecule has 1 fully saturated rings. The number of hydrogen-bond acceptors (Lipinski definition) is 5. The molecule has 0 spiro atoms. The van der Waals surface area contributed by atoms with E-state index >= 15 is 0 Å². The number of rotatable bonds is 3. The van der Waals surface area contributed by atoms with Crippen molar-refractivity contribution in [3.8, 4) is 0 Å². The highest BCUT2D eigenvalue weighted by molar-refractivity contribution is 9.11. The third-order valence-corrected chi connectivity index (χ3v) is 4.51. The van der Waals surface area contributed by atoms with Gasteiger partial charge in [0.1, 0.15) is 6.54 Å². The Balaban J connectivity index is 2.22. The fraction of sp³-hybridized carbons (Fsp3) is 0.100. The van der Waals surface area contributed by atoms with Gasteiger partial charge in [-0.05, 0) is 45.9 Å². The van der Waals surface area contributed by atoms with E-state index in [1.165, 1.54) is 11.3 Å². The van der Waals surface area contributed by atoms with Crippen LogP contribution in [0.3, 0.4) is 0 Å². The van der Waals surface area contributed by atoms with Crippen LogP contribution in [-0.2, 0) is 9.59 Å². The standard InChI is InChI=1S/C10H6BrNO4S2/c11-7-2-1-5(17-7)3-6-9(15)12(4-8(13)14)10(16)18-6/h1-3H,4H2,(H,13,14)/b6-3-. The molecule has 94 valence electrons. The lowest BCUT2D eigenvalue weighted by Gasteiger charge is -2.07. The van der Waals surface area contributed by atoms with Gasteiger partial charge in [0, 0.05) is 4.88 Å². The number of nitrogens with zero attached hydrogens (tertiary/aromatic N) is 1. The molecule has 2 amide bonds. The first kappa shape index (κ1) is 13.3. The molecular weight excluding hydrogens is 342 g/mol. The largest absolute Gasteiger partial charge is 0.480 e. The van der Waals surface area contributed by atoms with Crippen LogP contribution in [0.5, 0.6) is 0 Å². The summed E-state index contributed by atoms with van der Waals surface area (Å²) >= 11 is 5.47. The van der Waals surface area contributed by atoms with Crippen LogP contribution >= 0.6 is 39.0 Å². The van der Waals surface area contributed by atoms with Gasteiger partial charge in [-0.3, -0.25) is 19.3 Å². The number of imide groups is 1. The van der Waals surface area contributed by atoms with E-state index in [4.69, 9.17) is 5.11 Å². The minimum atomic E-state index is -1.21. The van der Waals surface area contributed by atoms with Crippen LogP contribution in [0.1, 0.15) is 4.88 Å². The van der Waals surface area contributed by atoms with Gasteiger partial charge in [-0.15, -0.1) is 11.3 Å². The summed E-state index contributed by atoms with van der Waals surface area (Å²) in [6, 6.07) is 3.64. The number of thioether (sulfide) groups is 1. The Morgan fingerprint density at radius 1 is 1.44 bits per heavy atom. The number of amides is 2. The molecule has 0 unspecified atom stereocenters. The Labute approximate surface area is 119 Å². The zero-order valence-electron chi connectivity index (χ0n) is 8.75. The summed E-state index contributed by atoms with van der Waals surface area (Å²) in [6.07, 6.45) is 1.59. The predicted molar refractivity (Wildman–Crippen MR) is 72.3 cm³/mol. The second kappa shape index (κ2) is 5.25. The molecule has 2 heterocycles. The van der Waals surface area contributed by atoms with Gasteiger partial charge in [-0.2, -0.15) is 0 Å². The second-order valence-corrected chi connectivity index (χ2v) is 6.79. The number of thiophene rings is 1. The molecule has 1 N–H and O–H groups in total. The molecule has 1 aromatic rings. The van der Waals surface area contributed by atoms with E-state index in [2.05, 4.69) is 15.9 Å². The van der Waals surface area contributed by atoms with Crippen LogP contribution in [0.4, 0.5) is 4.79 Å². The molecular formula is C10H6BrNO4S2. The molecule has 0 aromatic carbocycles. The number of aliphatic carboxylic acids is 1. The molecule has 1 aliphatic heterocycles. The van der Waals surface area contributed by atoms with Gasteiger partial charge in [0.15, 0.2) is 0 Å². The molecule has 1 aromatic heterocycles. The van der Waals surface area contributed by atoms with Gasteiger partial charge >= 0.3 is 5.97 Å². The van der Waals surface area contributed by atoms with Crippen LogP contribution in [0.25, 0.3) is 6.08 Å². The maximum absolute atomic E-state index is 11.8. The molecule has 5 nitrogen and oxygen atoms in total. The van der Waals surface area contributed by atoms with Crippen molar-refractivity contribution in [2.75, 3.05) is 6.54 Å². The zero-order chi connectivity index (χ0) is 13.3. The number of hydrogen-bond donors (Lipinski definition) is 1. The van der Waals surface area contributed by atoms with Crippen molar-refractivity contribution in [1.29, 1.82) is 0 Å². The van der Waals surface area contributed by atoms with Crippen molar-refractivity contribution in [2.45, 2.75) is 0 Å². The van der Waals surface area contributed by atoms with Crippen molar-refractivity contribution in [1.82, 2.24) is 4.90 Å². The number of carbonyl (C=O) groups excluding carboxylic acids is 2. The van der Waals surface area contributed by atoms with Crippen molar-refractivity contribution in [2.24, 2.45) is 0 Å². The smallest absolute Gasteiger partial charge is 0.323 e. The van der Waals surface area contributed by atoms with E-state index in [-0.39, 0.29) is 4.91 Å². The fourth-order valence-electron chi connectivity index (χ4n) is 1.31. The topological polar surface area (TPSA) is 74.7 Å². The van der Waals surface area contributed by atoms with E-state index in [1.54, 1.807) is 12.1 Å². The van der Waals surface area contributed by atoms with Crippen LogP contribution in [0, 0.1) is 0 Å². The van der Waals surface area contributed by atoms with E-state index < -0.39 is 23.7 Å². The number of carbonyl (C=O) groups is 3. The normalized spacial score (nSPS) is 17.8. The minimum absolute atomic E-state index is 0.246. The molecule has 1 aliphatic rings. The van der Waals surface area contributed by atoms with E-state index in [9.17, 15) is 14.4 Å². The van der Waals surface area contributed by atoms with E-state index in [1.807, 2.05) is 6.07 Å². The lowest BCUT2D eigenvalue weighted by Crippen LogP contribution is -2.33. The monoisotopic (exact) mass is 347 g/mol. The van der Waals surface area contributed by atoms with Crippen LogP contribution in [0.15, 0.2) is 20.8 Å². The average molecular weight is 348 g/mol. The summed E-state index contributed by atoms with van der Waals surface area (Å²) in [4.78, 5) is 35.6. The molecule has 0 bridgehead atoms. The highest BCUT2D eigenvalue weighted by Crippen LogP contribution is 2.33. The fourth-order valence-corrected chi connectivity index (χ4v) is 3.58. The Hall–Kier alpha value is -1.12. The van der Waals surface area contributed by atoms with E-state index in [0.717, 1.165) is 25.3 Å². The highest BCUT2D eigenvalue weighted by Gasteiger charge is 2.36. The second-order valence-electron chi connectivity index (χ2n) is 3.30. The first-order valence-electron chi connectivity index (χ1n) is 4.70. The Morgan fingerprint density at radius 2 is 2.17 bits per heavy atom. The van der Waals surface area contributed by atoms with Gasteiger partial charge in [0.05, 0.1) is 8.69 Å². The predicted octanol–water partition coefficient (Wildman–Crippen LogP) is 2.63. The highest BCUT2D eigenvalue weighted by atomic mass is 79.9. The number of carboxylic acids is 1. The maximum Gasteiger partial charge on any atom is 0.323 e. The Bertz CT molecular complexity index is 566. The van der Waals surface area contributed by atoms with Gasteiger partial charge < -0.3 is 5.11 Å². The third-order valence-electron chi connectivity index (χ3n) is 2.03. The van der Waals surface area contributed by atoms with Crippen molar-refractivity contribution >= 4 is 62.2 Å². The first-order valence-corrected chi connectivity index (χ1v) is 7.12. The molecule has 0 atom stereocenters. The minimum Gasteiger partial charge on any atom is -0.480 e. The molecule has 0 saturated carbocycles. The molecule has 8 heteroatoms. The first-order chi connectivity index (χ1) is 8.47. The molecule has 1 saturated heterocycles. The van der Waals surface area contributed by atoms with Crippen LogP contribution in [-0.4, -0.2) is 33.7 Å². The summed E-state index contributed by atoms with van der Waals surface area (Å²) < 4.78 is 0.915. The Kier molecular flexibility index (Phi) is 3.88. The molecule has 0 radical (unpaired) electrons. The van der Waals surface area contributed by atoms with Gasteiger partial charge in [-0.1, -0.05) is 0 Å². The SMILES string of the molecule is O=C(O)CN1C(=O)S/C(=C\c2ccc(Br)s2)C1=O. The average Bonchev–Trinajstić information content (AvgIpc) is 2.78. The third kappa shape index (κ3) is 2.82.